The van der Waals surface area contributed by atoms with Gasteiger partial charge < -0.3 is 24.2 Å². The second-order valence-electron chi connectivity index (χ2n) is 14.5. The minimum atomic E-state index is -3.53. The van der Waals surface area contributed by atoms with Gasteiger partial charge in [0.15, 0.2) is 11.6 Å². The van der Waals surface area contributed by atoms with Crippen LogP contribution in [0.15, 0.2) is 30.7 Å². The number of amides is 1. The third kappa shape index (κ3) is 8.27. The molecule has 266 valence electrons. The fourth-order valence-corrected chi connectivity index (χ4v) is 8.37. The molecule has 1 amide bonds. The van der Waals surface area contributed by atoms with Gasteiger partial charge in [0.1, 0.15) is 17.9 Å². The van der Waals surface area contributed by atoms with E-state index >= 15 is 0 Å². The summed E-state index contributed by atoms with van der Waals surface area (Å²) in [6.45, 7) is 16.3. The van der Waals surface area contributed by atoms with Crippen molar-refractivity contribution in [1.82, 2.24) is 28.8 Å². The van der Waals surface area contributed by atoms with Crippen LogP contribution in [0.25, 0.3) is 0 Å². The predicted molar refractivity (Wildman–Crippen MR) is 183 cm³/mol. The number of nitrogens with one attached hydrogen (secondary N) is 1. The molecule has 3 aliphatic rings. The molecule has 0 saturated carbocycles. The monoisotopic (exact) mass is 689 g/mol. The molecule has 5 rings (SSSR count). The summed E-state index contributed by atoms with van der Waals surface area (Å²) in [6.07, 6.45) is 6.87. The van der Waals surface area contributed by atoms with E-state index in [1.165, 1.54) is 28.8 Å². The molecule has 12 nitrogen and oxygen atoms in total. The number of aromatic nitrogens is 2. The molecule has 1 N–H and O–H groups in total. The van der Waals surface area contributed by atoms with Gasteiger partial charge in [0.25, 0.3) is 16.1 Å². The number of hydrogen-bond acceptors (Lipinski definition) is 9. The van der Waals surface area contributed by atoms with Crippen molar-refractivity contribution in [2.75, 3.05) is 51.3 Å². The molecule has 1 aromatic carbocycles. The Morgan fingerprint density at radius 1 is 1.08 bits per heavy atom. The van der Waals surface area contributed by atoms with Crippen LogP contribution in [0.5, 0.6) is 11.5 Å². The zero-order valence-corrected chi connectivity index (χ0v) is 30.2. The fourth-order valence-electron chi connectivity index (χ4n) is 7.04. The molecule has 1 aromatic heterocycles. The minimum Gasteiger partial charge on any atom is -0.451 e. The highest BCUT2D eigenvalue weighted by Gasteiger charge is 2.46. The van der Waals surface area contributed by atoms with Crippen molar-refractivity contribution in [3.05, 3.63) is 42.1 Å². The molecule has 0 unspecified atom stereocenters. The molecule has 4 heterocycles. The van der Waals surface area contributed by atoms with Crippen molar-refractivity contribution in [2.45, 2.75) is 97.5 Å². The van der Waals surface area contributed by atoms with Crippen LogP contribution in [-0.4, -0.2) is 115 Å². The standard InChI is InChI=1S/C34H52FN7O5S/c1-23(2)39(7)48(44,45)38-27-9-10-28(46-19-27)18-40-14-12-34(13-15-40)20-41(21-34)32-31(17-36-22-37-32)47-30-11-8-26(35)16-29(30)33(43)42(24(3)4)25(5)6/h8,11,16-17,22-25,27-28,38H,9-10,12-15,18-21H2,1-7H3/t27-,28+/m1/s1. The average Bonchev–Trinajstić information content (AvgIpc) is 3.01. The zero-order valence-electron chi connectivity index (χ0n) is 29.4. The largest absolute Gasteiger partial charge is 0.451 e. The van der Waals surface area contributed by atoms with Gasteiger partial charge in [-0.25, -0.2) is 14.4 Å². The number of ether oxygens (including phenoxy) is 2. The Labute approximate surface area is 285 Å². The van der Waals surface area contributed by atoms with Crippen LogP contribution in [0.4, 0.5) is 10.2 Å². The highest BCUT2D eigenvalue weighted by Crippen LogP contribution is 2.45. The number of halogens is 1. The summed E-state index contributed by atoms with van der Waals surface area (Å²) in [4.78, 5) is 28.6. The Kier molecular flexibility index (Phi) is 11.3. The van der Waals surface area contributed by atoms with Gasteiger partial charge in [0.2, 0.25) is 0 Å². The van der Waals surface area contributed by atoms with Gasteiger partial charge >= 0.3 is 0 Å². The molecule has 3 aliphatic heterocycles. The fraction of sp³-hybridized carbons (Fsp3) is 0.676. The average molecular weight is 690 g/mol. The summed E-state index contributed by atoms with van der Waals surface area (Å²) in [7, 11) is -1.94. The van der Waals surface area contributed by atoms with Crippen molar-refractivity contribution in [3.63, 3.8) is 0 Å². The van der Waals surface area contributed by atoms with Gasteiger partial charge in [-0.2, -0.15) is 17.4 Å². The lowest BCUT2D eigenvalue weighted by Crippen LogP contribution is -2.61. The molecular weight excluding hydrogens is 637 g/mol. The molecule has 2 aromatic rings. The van der Waals surface area contributed by atoms with E-state index in [1.807, 2.05) is 41.5 Å². The Morgan fingerprint density at radius 2 is 1.77 bits per heavy atom. The van der Waals surface area contributed by atoms with E-state index in [1.54, 1.807) is 18.1 Å². The van der Waals surface area contributed by atoms with E-state index in [4.69, 9.17) is 9.47 Å². The third-order valence-corrected chi connectivity index (χ3v) is 11.7. The Hall–Kier alpha value is -2.91. The lowest BCUT2D eigenvalue weighted by Gasteiger charge is -2.54. The van der Waals surface area contributed by atoms with Crippen LogP contribution in [0.3, 0.4) is 0 Å². The Bertz CT molecular complexity index is 1510. The van der Waals surface area contributed by atoms with Crippen molar-refractivity contribution in [3.8, 4) is 11.5 Å². The molecule has 0 bridgehead atoms. The molecule has 48 heavy (non-hydrogen) atoms. The van der Waals surface area contributed by atoms with Crippen LogP contribution in [0.1, 0.15) is 77.6 Å². The molecule has 3 saturated heterocycles. The van der Waals surface area contributed by atoms with E-state index in [9.17, 15) is 17.6 Å². The summed E-state index contributed by atoms with van der Waals surface area (Å²) < 4.78 is 56.0. The second-order valence-corrected chi connectivity index (χ2v) is 16.2. The molecular formula is C34H52FN7O5S. The first-order chi connectivity index (χ1) is 22.7. The van der Waals surface area contributed by atoms with Crippen molar-refractivity contribution in [1.29, 1.82) is 0 Å². The van der Waals surface area contributed by atoms with Gasteiger partial charge in [-0.05, 0) is 98.5 Å². The van der Waals surface area contributed by atoms with E-state index in [-0.39, 0.29) is 52.9 Å². The number of anilines is 1. The number of piperidine rings is 1. The third-order valence-electron chi connectivity index (χ3n) is 9.92. The number of carbonyl (C=O) groups excluding carboxylic acids is 1. The van der Waals surface area contributed by atoms with Gasteiger partial charge in [0, 0.05) is 56.3 Å². The van der Waals surface area contributed by atoms with Crippen LogP contribution >= 0.6 is 0 Å². The Morgan fingerprint density at radius 3 is 2.38 bits per heavy atom. The predicted octanol–water partition coefficient (Wildman–Crippen LogP) is 4.29. The summed E-state index contributed by atoms with van der Waals surface area (Å²) >= 11 is 0. The quantitative estimate of drug-likeness (QED) is 0.348. The molecule has 2 atom stereocenters. The van der Waals surface area contributed by atoms with Crippen LogP contribution in [-0.2, 0) is 14.9 Å². The first kappa shape index (κ1) is 36.4. The topological polar surface area (TPSA) is 120 Å². The van der Waals surface area contributed by atoms with E-state index in [0.29, 0.717) is 18.2 Å². The maximum Gasteiger partial charge on any atom is 0.279 e. The highest BCUT2D eigenvalue weighted by atomic mass is 32.2. The molecule has 0 radical (unpaired) electrons. The first-order valence-corrected chi connectivity index (χ1v) is 18.6. The molecule has 1 spiro atoms. The van der Waals surface area contributed by atoms with E-state index in [0.717, 1.165) is 58.4 Å². The minimum absolute atomic E-state index is 0.0687. The lowest BCUT2D eigenvalue weighted by atomic mass is 9.72. The Balaban J connectivity index is 1.14. The molecule has 3 fully saturated rings. The molecule has 14 heteroatoms. The number of benzene rings is 1. The number of hydrogen-bond donors (Lipinski definition) is 1. The summed E-state index contributed by atoms with van der Waals surface area (Å²) in [5.41, 5.74) is 0.349. The van der Waals surface area contributed by atoms with Gasteiger partial charge in [-0.3, -0.25) is 4.79 Å². The van der Waals surface area contributed by atoms with Gasteiger partial charge in [0.05, 0.1) is 24.5 Å². The van der Waals surface area contributed by atoms with E-state index < -0.39 is 16.0 Å². The van der Waals surface area contributed by atoms with Gasteiger partial charge in [-0.1, -0.05) is 0 Å². The second kappa shape index (κ2) is 14.9. The SMILES string of the molecule is CC(C)N(C(=O)c1cc(F)ccc1Oc1cncnc1N1CC2(CCN(C[C@@H]3CC[C@@H](NS(=O)(=O)N(C)C(C)C)CO3)CC2)C1)C(C)C. The van der Waals surface area contributed by atoms with Crippen molar-refractivity contribution >= 4 is 21.9 Å². The zero-order chi connectivity index (χ0) is 34.8. The van der Waals surface area contributed by atoms with Crippen LogP contribution in [0.2, 0.25) is 0 Å². The van der Waals surface area contributed by atoms with Crippen molar-refractivity contribution in [2.24, 2.45) is 5.41 Å². The van der Waals surface area contributed by atoms with Gasteiger partial charge in [-0.15, -0.1) is 0 Å². The normalized spacial score (nSPS) is 21.7. The summed E-state index contributed by atoms with van der Waals surface area (Å²) in [5.74, 6) is 0.558. The highest BCUT2D eigenvalue weighted by molar-refractivity contribution is 7.87. The summed E-state index contributed by atoms with van der Waals surface area (Å²) in [6, 6.07) is 3.56. The lowest BCUT2D eigenvalue weighted by molar-refractivity contribution is -0.0301. The van der Waals surface area contributed by atoms with E-state index in [2.05, 4.69) is 24.5 Å². The summed E-state index contributed by atoms with van der Waals surface area (Å²) in [5, 5.41) is 0. The maximum absolute atomic E-state index is 14.4. The smallest absolute Gasteiger partial charge is 0.279 e. The van der Waals surface area contributed by atoms with Crippen molar-refractivity contribution < 1.29 is 27.1 Å². The van der Waals surface area contributed by atoms with Crippen LogP contribution in [0, 0.1) is 11.2 Å². The number of nitrogens with zero attached hydrogens (tertiary/aromatic N) is 6. The maximum atomic E-state index is 14.4. The van der Waals surface area contributed by atoms with Crippen LogP contribution < -0.4 is 14.4 Å². The first-order valence-electron chi connectivity index (χ1n) is 17.1. The molecule has 0 aliphatic carbocycles. The number of carbonyl (C=O) groups is 1. The number of rotatable bonds is 12. The number of likely N-dealkylation sites (tertiary alicyclic amines) is 1.